The molecule has 1 aromatic carbocycles. The maximum absolute atomic E-state index is 12.5. The fourth-order valence-corrected chi connectivity index (χ4v) is 2.98. The molecule has 1 aliphatic heterocycles. The van der Waals surface area contributed by atoms with Gasteiger partial charge in [0, 0.05) is 24.5 Å². The van der Waals surface area contributed by atoms with Gasteiger partial charge in [0.15, 0.2) is 0 Å². The van der Waals surface area contributed by atoms with Crippen molar-refractivity contribution in [2.45, 2.75) is 13.5 Å². The lowest BCUT2D eigenvalue weighted by atomic mass is 10.1. The van der Waals surface area contributed by atoms with Gasteiger partial charge in [-0.25, -0.2) is 4.98 Å². The number of rotatable bonds is 3. The van der Waals surface area contributed by atoms with Crippen molar-refractivity contribution in [2.75, 3.05) is 0 Å². The van der Waals surface area contributed by atoms with Crippen molar-refractivity contribution in [2.24, 2.45) is 0 Å². The third-order valence-corrected chi connectivity index (χ3v) is 4.21. The number of hydrogen-bond acceptors (Lipinski definition) is 5. The second-order valence-electron chi connectivity index (χ2n) is 5.84. The number of hydrogen-bond donors (Lipinski definition) is 0. The lowest BCUT2D eigenvalue weighted by Gasteiger charge is -2.11. The van der Waals surface area contributed by atoms with Crippen molar-refractivity contribution in [1.29, 1.82) is 0 Å². The lowest BCUT2D eigenvalue weighted by Crippen LogP contribution is -2.29. The lowest BCUT2D eigenvalue weighted by molar-refractivity contribution is -0.384. The number of aryl methyl sites for hydroxylation is 1. The number of imidazole rings is 1. The van der Waals surface area contributed by atoms with Crippen LogP contribution in [-0.2, 0) is 6.54 Å². The monoisotopic (exact) mass is 336 g/mol. The van der Waals surface area contributed by atoms with E-state index in [0.29, 0.717) is 5.69 Å². The van der Waals surface area contributed by atoms with Crippen LogP contribution in [0.25, 0.3) is 5.65 Å². The highest BCUT2D eigenvalue weighted by atomic mass is 16.6. The third kappa shape index (κ3) is 2.26. The van der Waals surface area contributed by atoms with Gasteiger partial charge in [-0.3, -0.25) is 24.6 Å². The zero-order valence-corrected chi connectivity index (χ0v) is 13.2. The van der Waals surface area contributed by atoms with Gasteiger partial charge < -0.3 is 4.40 Å². The highest BCUT2D eigenvalue weighted by Gasteiger charge is 2.37. The molecule has 0 unspecified atom stereocenters. The minimum Gasteiger partial charge on any atom is -0.307 e. The van der Waals surface area contributed by atoms with E-state index in [1.807, 2.05) is 29.7 Å². The van der Waals surface area contributed by atoms with Crippen molar-refractivity contribution in [3.8, 4) is 0 Å². The Labute approximate surface area is 141 Å². The fraction of sp³-hybridized carbons (Fsp3) is 0.118. The van der Waals surface area contributed by atoms with Gasteiger partial charge in [-0.15, -0.1) is 0 Å². The quantitative estimate of drug-likeness (QED) is 0.415. The summed E-state index contributed by atoms with van der Waals surface area (Å²) in [6, 6.07) is 7.49. The maximum atomic E-state index is 12.5. The Balaban J connectivity index is 1.69. The number of nitrogens with zero attached hydrogens (tertiary/aromatic N) is 4. The Hall–Kier alpha value is -3.55. The van der Waals surface area contributed by atoms with Crippen LogP contribution in [0.3, 0.4) is 0 Å². The molecule has 3 aromatic rings. The fourth-order valence-electron chi connectivity index (χ4n) is 2.98. The van der Waals surface area contributed by atoms with Gasteiger partial charge in [-0.2, -0.15) is 0 Å². The molecule has 3 heterocycles. The molecule has 0 N–H and O–H groups in total. The molecule has 1 aliphatic rings. The van der Waals surface area contributed by atoms with Crippen molar-refractivity contribution in [1.82, 2.24) is 14.3 Å². The second kappa shape index (κ2) is 5.23. The van der Waals surface area contributed by atoms with E-state index >= 15 is 0 Å². The van der Waals surface area contributed by atoms with Gasteiger partial charge >= 0.3 is 0 Å². The normalized spacial score (nSPS) is 13.6. The summed E-state index contributed by atoms with van der Waals surface area (Å²) in [4.78, 5) is 40.8. The molecule has 0 spiro atoms. The van der Waals surface area contributed by atoms with Crippen LogP contribution in [0.4, 0.5) is 5.69 Å². The molecule has 0 radical (unpaired) electrons. The average molecular weight is 336 g/mol. The molecular formula is C17H12N4O4. The molecule has 0 bridgehead atoms. The molecule has 0 aliphatic carbocycles. The first-order chi connectivity index (χ1) is 12.0. The van der Waals surface area contributed by atoms with Crippen LogP contribution in [0.15, 0.2) is 42.7 Å². The Morgan fingerprint density at radius 1 is 1.16 bits per heavy atom. The van der Waals surface area contributed by atoms with Crippen molar-refractivity contribution in [3.05, 3.63) is 75.2 Å². The topological polar surface area (TPSA) is 97.8 Å². The summed E-state index contributed by atoms with van der Waals surface area (Å²) in [5, 5.41) is 10.9. The minimum absolute atomic E-state index is 0.0151. The summed E-state index contributed by atoms with van der Waals surface area (Å²) in [6.07, 6.45) is 3.60. The number of pyridine rings is 1. The van der Waals surface area contributed by atoms with Crippen molar-refractivity contribution < 1.29 is 14.5 Å². The van der Waals surface area contributed by atoms with Gasteiger partial charge in [-0.05, 0) is 24.6 Å². The van der Waals surface area contributed by atoms with E-state index in [1.54, 1.807) is 6.20 Å². The van der Waals surface area contributed by atoms with Gasteiger partial charge in [0.05, 0.1) is 28.3 Å². The summed E-state index contributed by atoms with van der Waals surface area (Å²) in [5.74, 6) is -1.01. The molecular weight excluding hydrogens is 324 g/mol. The number of fused-ring (bicyclic) bond motifs is 2. The number of benzene rings is 1. The van der Waals surface area contributed by atoms with Crippen LogP contribution in [0.5, 0.6) is 0 Å². The third-order valence-electron chi connectivity index (χ3n) is 4.21. The first-order valence-corrected chi connectivity index (χ1v) is 7.53. The Morgan fingerprint density at radius 3 is 2.64 bits per heavy atom. The molecule has 2 amide bonds. The van der Waals surface area contributed by atoms with Crippen LogP contribution in [-0.4, -0.2) is 31.0 Å². The molecule has 25 heavy (non-hydrogen) atoms. The van der Waals surface area contributed by atoms with Crippen LogP contribution in [0, 0.1) is 17.0 Å². The van der Waals surface area contributed by atoms with E-state index < -0.39 is 16.7 Å². The Bertz CT molecular complexity index is 1070. The molecule has 0 atom stereocenters. The van der Waals surface area contributed by atoms with E-state index in [2.05, 4.69) is 4.98 Å². The van der Waals surface area contributed by atoms with Gasteiger partial charge in [-0.1, -0.05) is 6.07 Å². The minimum atomic E-state index is -0.592. The van der Waals surface area contributed by atoms with E-state index in [-0.39, 0.29) is 23.4 Å². The molecule has 124 valence electrons. The van der Waals surface area contributed by atoms with Crippen LogP contribution in [0.2, 0.25) is 0 Å². The molecule has 8 nitrogen and oxygen atoms in total. The molecule has 0 saturated heterocycles. The SMILES string of the molecule is Cc1cccn2cc(CN3C(=O)c4ccc([N+](=O)[O-])cc4C3=O)nc12. The predicted molar refractivity (Wildman–Crippen MR) is 87.2 cm³/mol. The average Bonchev–Trinajstić information content (AvgIpc) is 3.11. The highest BCUT2D eigenvalue weighted by molar-refractivity contribution is 6.21. The van der Waals surface area contributed by atoms with Gasteiger partial charge in [0.2, 0.25) is 0 Å². The number of non-ortho nitro benzene ring substituents is 1. The van der Waals surface area contributed by atoms with Gasteiger partial charge in [0.25, 0.3) is 17.5 Å². The number of carbonyl (C=O) groups excluding carboxylic acids is 2. The first kappa shape index (κ1) is 15.0. The second-order valence-corrected chi connectivity index (χ2v) is 5.84. The summed E-state index contributed by atoms with van der Waals surface area (Å²) >= 11 is 0. The van der Waals surface area contributed by atoms with E-state index in [1.165, 1.54) is 12.1 Å². The van der Waals surface area contributed by atoms with Crippen molar-refractivity contribution >= 4 is 23.1 Å². The molecule has 4 rings (SSSR count). The largest absolute Gasteiger partial charge is 0.307 e. The molecule has 0 saturated carbocycles. The number of imide groups is 1. The number of nitro benzene ring substituents is 1. The van der Waals surface area contributed by atoms with E-state index in [0.717, 1.165) is 22.2 Å². The van der Waals surface area contributed by atoms with Gasteiger partial charge in [0.1, 0.15) is 5.65 Å². The summed E-state index contributed by atoms with van der Waals surface area (Å²) in [5.41, 5.74) is 2.31. The van der Waals surface area contributed by atoms with E-state index in [4.69, 9.17) is 0 Å². The van der Waals surface area contributed by atoms with Crippen LogP contribution >= 0.6 is 0 Å². The molecule has 8 heteroatoms. The highest BCUT2D eigenvalue weighted by Crippen LogP contribution is 2.28. The number of aromatic nitrogens is 2. The Morgan fingerprint density at radius 2 is 1.92 bits per heavy atom. The number of nitro groups is 1. The summed E-state index contributed by atoms with van der Waals surface area (Å²) in [6.45, 7) is 1.94. The summed E-state index contributed by atoms with van der Waals surface area (Å²) < 4.78 is 1.83. The zero-order chi connectivity index (χ0) is 17.7. The maximum Gasteiger partial charge on any atom is 0.270 e. The Kier molecular flexibility index (Phi) is 3.14. The molecule has 0 fully saturated rings. The van der Waals surface area contributed by atoms with Crippen LogP contribution in [0.1, 0.15) is 32.0 Å². The smallest absolute Gasteiger partial charge is 0.270 e. The zero-order valence-electron chi connectivity index (χ0n) is 13.2. The van der Waals surface area contributed by atoms with E-state index in [9.17, 15) is 19.7 Å². The standard InChI is InChI=1S/C17H12N4O4/c1-10-3-2-6-19-8-11(18-15(10)19)9-20-16(22)13-5-4-12(21(24)25)7-14(13)17(20)23/h2-8H,9H2,1H3. The summed E-state index contributed by atoms with van der Waals surface area (Å²) in [7, 11) is 0. The van der Waals surface area contributed by atoms with Crippen molar-refractivity contribution in [3.63, 3.8) is 0 Å². The predicted octanol–water partition coefficient (Wildman–Crippen LogP) is 2.35. The van der Waals surface area contributed by atoms with Crippen LogP contribution < -0.4 is 0 Å². The number of carbonyl (C=O) groups is 2. The first-order valence-electron chi connectivity index (χ1n) is 7.53. The number of amides is 2. The molecule has 2 aromatic heterocycles.